The van der Waals surface area contributed by atoms with Gasteiger partial charge in [0.2, 0.25) is 0 Å². The minimum atomic E-state index is 0.649. The highest BCUT2D eigenvalue weighted by molar-refractivity contribution is 6.30. The number of aromatic nitrogens is 3. The summed E-state index contributed by atoms with van der Waals surface area (Å²) >= 11 is 6.20. The molecule has 0 atom stereocenters. The van der Waals surface area contributed by atoms with Crippen LogP contribution >= 0.6 is 11.6 Å². The van der Waals surface area contributed by atoms with Gasteiger partial charge >= 0.3 is 0 Å². The molecule has 0 aliphatic carbocycles. The van der Waals surface area contributed by atoms with E-state index >= 15 is 0 Å². The SMILES string of the molecule is CCCN(Cc1ccc(Cl)cc1-n1cncn1)C1CCNCC1. The zero-order valence-corrected chi connectivity index (χ0v) is 14.3. The van der Waals surface area contributed by atoms with E-state index in [1.165, 1.54) is 18.4 Å². The summed E-state index contributed by atoms with van der Waals surface area (Å²) in [5.74, 6) is 0. The third-order valence-electron chi connectivity index (χ3n) is 4.42. The van der Waals surface area contributed by atoms with E-state index in [2.05, 4.69) is 33.3 Å². The summed E-state index contributed by atoms with van der Waals surface area (Å²) in [5.41, 5.74) is 2.26. The van der Waals surface area contributed by atoms with E-state index in [1.54, 1.807) is 17.3 Å². The van der Waals surface area contributed by atoms with Gasteiger partial charge in [-0.15, -0.1) is 0 Å². The lowest BCUT2D eigenvalue weighted by molar-refractivity contribution is 0.154. The normalized spacial score (nSPS) is 16.1. The minimum absolute atomic E-state index is 0.649. The molecule has 3 rings (SSSR count). The lowest BCUT2D eigenvalue weighted by Crippen LogP contribution is -2.43. The maximum absolute atomic E-state index is 6.20. The molecule has 1 aromatic heterocycles. The van der Waals surface area contributed by atoms with Crippen LogP contribution < -0.4 is 5.32 Å². The molecule has 1 saturated heterocycles. The van der Waals surface area contributed by atoms with Crippen LogP contribution in [0.3, 0.4) is 0 Å². The highest BCUT2D eigenvalue weighted by Gasteiger charge is 2.21. The van der Waals surface area contributed by atoms with Crippen molar-refractivity contribution < 1.29 is 0 Å². The molecule has 0 radical (unpaired) electrons. The Bertz CT molecular complexity index is 607. The first-order valence-electron chi connectivity index (χ1n) is 8.36. The number of hydrogen-bond acceptors (Lipinski definition) is 4. The minimum Gasteiger partial charge on any atom is -0.317 e. The fourth-order valence-electron chi connectivity index (χ4n) is 3.29. The lowest BCUT2D eigenvalue weighted by atomic mass is 10.0. The van der Waals surface area contributed by atoms with Crippen molar-refractivity contribution in [3.8, 4) is 5.69 Å². The van der Waals surface area contributed by atoms with Crippen LogP contribution in [0.15, 0.2) is 30.9 Å². The summed E-state index contributed by atoms with van der Waals surface area (Å²) < 4.78 is 1.80. The molecule has 1 fully saturated rings. The smallest absolute Gasteiger partial charge is 0.138 e. The van der Waals surface area contributed by atoms with Gasteiger partial charge in [-0.25, -0.2) is 9.67 Å². The van der Waals surface area contributed by atoms with Gasteiger partial charge in [0, 0.05) is 17.6 Å². The van der Waals surface area contributed by atoms with Gasteiger partial charge < -0.3 is 5.32 Å². The first-order valence-corrected chi connectivity index (χ1v) is 8.74. The van der Waals surface area contributed by atoms with Gasteiger partial charge in [0.15, 0.2) is 0 Å². The molecule has 23 heavy (non-hydrogen) atoms. The van der Waals surface area contributed by atoms with Crippen molar-refractivity contribution in [1.29, 1.82) is 0 Å². The number of rotatable bonds is 6. The average Bonchev–Trinajstić information content (AvgIpc) is 3.11. The van der Waals surface area contributed by atoms with Gasteiger partial charge in [0.05, 0.1) is 5.69 Å². The second-order valence-electron chi connectivity index (χ2n) is 6.06. The average molecular weight is 334 g/mol. The molecular formula is C17H24ClN5. The summed E-state index contributed by atoms with van der Waals surface area (Å²) in [4.78, 5) is 6.66. The Balaban J connectivity index is 1.84. The molecule has 1 aliphatic rings. The van der Waals surface area contributed by atoms with Crippen molar-refractivity contribution in [3.63, 3.8) is 0 Å². The van der Waals surface area contributed by atoms with E-state index in [-0.39, 0.29) is 0 Å². The van der Waals surface area contributed by atoms with Crippen LogP contribution in [0.5, 0.6) is 0 Å². The van der Waals surface area contributed by atoms with Crippen LogP contribution in [0.25, 0.3) is 5.69 Å². The Morgan fingerprint density at radius 1 is 1.35 bits per heavy atom. The topological polar surface area (TPSA) is 46.0 Å². The van der Waals surface area contributed by atoms with Crippen molar-refractivity contribution in [3.05, 3.63) is 41.4 Å². The second-order valence-corrected chi connectivity index (χ2v) is 6.50. The molecule has 0 unspecified atom stereocenters. The van der Waals surface area contributed by atoms with Crippen LogP contribution in [0.1, 0.15) is 31.7 Å². The predicted octanol–water partition coefficient (Wildman–Crippen LogP) is 2.88. The first-order chi connectivity index (χ1) is 11.3. The Morgan fingerprint density at radius 2 is 2.17 bits per heavy atom. The van der Waals surface area contributed by atoms with Gasteiger partial charge in [-0.1, -0.05) is 24.6 Å². The first kappa shape index (κ1) is 16.4. The summed E-state index contributed by atoms with van der Waals surface area (Å²) in [6.45, 7) is 6.51. The summed E-state index contributed by atoms with van der Waals surface area (Å²) in [6, 6.07) is 6.70. The molecule has 124 valence electrons. The molecule has 2 heterocycles. The van der Waals surface area contributed by atoms with Crippen molar-refractivity contribution in [2.45, 2.75) is 38.8 Å². The van der Waals surface area contributed by atoms with Gasteiger partial charge in [0.1, 0.15) is 12.7 Å². The highest BCUT2D eigenvalue weighted by Crippen LogP contribution is 2.23. The summed E-state index contributed by atoms with van der Waals surface area (Å²) in [7, 11) is 0. The Labute approximate surface area is 142 Å². The van der Waals surface area contributed by atoms with E-state index in [9.17, 15) is 0 Å². The number of nitrogens with one attached hydrogen (secondary N) is 1. The number of halogens is 1. The molecule has 0 amide bonds. The van der Waals surface area contributed by atoms with Crippen molar-refractivity contribution >= 4 is 11.6 Å². The molecule has 6 heteroatoms. The quantitative estimate of drug-likeness (QED) is 0.883. The maximum atomic E-state index is 6.20. The second kappa shape index (κ2) is 7.90. The van der Waals surface area contributed by atoms with E-state index in [0.717, 1.165) is 43.3 Å². The van der Waals surface area contributed by atoms with E-state index in [1.807, 2.05) is 12.1 Å². The molecule has 0 spiro atoms. The molecule has 1 aliphatic heterocycles. The lowest BCUT2D eigenvalue weighted by Gasteiger charge is -2.35. The predicted molar refractivity (Wildman–Crippen MR) is 93.0 cm³/mol. The Kier molecular flexibility index (Phi) is 5.65. The summed E-state index contributed by atoms with van der Waals surface area (Å²) in [6.07, 6.45) is 6.87. The fourth-order valence-corrected chi connectivity index (χ4v) is 3.45. The van der Waals surface area contributed by atoms with Crippen molar-refractivity contribution in [1.82, 2.24) is 25.0 Å². The van der Waals surface area contributed by atoms with Crippen molar-refractivity contribution in [2.24, 2.45) is 0 Å². The maximum Gasteiger partial charge on any atom is 0.138 e. The van der Waals surface area contributed by atoms with Crippen LogP contribution in [-0.2, 0) is 6.54 Å². The Hall–Kier alpha value is -1.43. The summed E-state index contributed by atoms with van der Waals surface area (Å²) in [5, 5.41) is 8.45. The molecule has 1 aromatic carbocycles. The monoisotopic (exact) mass is 333 g/mol. The van der Waals surface area contributed by atoms with Crippen molar-refractivity contribution in [2.75, 3.05) is 19.6 Å². The molecule has 2 aromatic rings. The largest absolute Gasteiger partial charge is 0.317 e. The Morgan fingerprint density at radius 3 is 2.87 bits per heavy atom. The molecule has 0 saturated carbocycles. The molecule has 5 nitrogen and oxygen atoms in total. The number of hydrogen-bond donors (Lipinski definition) is 1. The fraction of sp³-hybridized carbons (Fsp3) is 0.529. The number of nitrogens with zero attached hydrogens (tertiary/aromatic N) is 4. The van der Waals surface area contributed by atoms with Crippen LogP contribution in [0, 0.1) is 0 Å². The number of benzene rings is 1. The third-order valence-corrected chi connectivity index (χ3v) is 4.66. The zero-order valence-electron chi connectivity index (χ0n) is 13.6. The van der Waals surface area contributed by atoms with Crippen LogP contribution in [0.2, 0.25) is 5.02 Å². The van der Waals surface area contributed by atoms with E-state index < -0.39 is 0 Å². The van der Waals surface area contributed by atoms with Gasteiger partial charge in [-0.3, -0.25) is 4.90 Å². The highest BCUT2D eigenvalue weighted by atomic mass is 35.5. The van der Waals surface area contributed by atoms with Crippen LogP contribution in [0.4, 0.5) is 0 Å². The van der Waals surface area contributed by atoms with Crippen LogP contribution in [-0.4, -0.2) is 45.3 Å². The molecular weight excluding hydrogens is 310 g/mol. The third kappa shape index (κ3) is 4.10. The molecule has 1 N–H and O–H groups in total. The van der Waals surface area contributed by atoms with E-state index in [4.69, 9.17) is 11.6 Å². The zero-order chi connectivity index (χ0) is 16.1. The van der Waals surface area contributed by atoms with E-state index in [0.29, 0.717) is 6.04 Å². The van der Waals surface area contributed by atoms with Gasteiger partial charge in [0.25, 0.3) is 0 Å². The number of piperidine rings is 1. The van der Waals surface area contributed by atoms with Gasteiger partial charge in [-0.05, 0) is 56.6 Å². The standard InChI is InChI=1S/C17H24ClN5/c1-2-9-22(16-5-7-19-8-6-16)11-14-3-4-15(18)10-17(14)23-13-20-12-21-23/h3-4,10,12-13,16,19H,2,5-9,11H2,1H3. The molecule has 0 bridgehead atoms. The van der Waals surface area contributed by atoms with Gasteiger partial charge in [-0.2, -0.15) is 5.10 Å².